The molecule has 3 aliphatic rings. The highest BCUT2D eigenvalue weighted by molar-refractivity contribution is 5.81. The van der Waals surface area contributed by atoms with Gasteiger partial charge in [-0.2, -0.15) is 4.99 Å². The summed E-state index contributed by atoms with van der Waals surface area (Å²) in [7, 11) is 0. The van der Waals surface area contributed by atoms with Gasteiger partial charge in [-0.05, 0) is 5.56 Å². The number of fused-ring (bicyclic) bond motifs is 1. The molecular weight excluding hydrogens is 354 g/mol. The van der Waals surface area contributed by atoms with Crippen molar-refractivity contribution in [3.8, 4) is 0 Å². The molecule has 3 aliphatic heterocycles. The molecule has 4 rings (SSSR count). The topological polar surface area (TPSA) is 61.9 Å². The minimum Gasteiger partial charge on any atom is -1.00 e. The highest BCUT2D eigenvalue weighted by atomic mass is 35.5. The van der Waals surface area contributed by atoms with Gasteiger partial charge in [0.25, 0.3) is 0 Å². The van der Waals surface area contributed by atoms with E-state index in [9.17, 15) is 4.79 Å². The Kier molecular flexibility index (Phi) is 5.70. The molecule has 7 nitrogen and oxygen atoms in total. The lowest BCUT2D eigenvalue weighted by atomic mass is 10.2. The molecule has 0 radical (unpaired) electrons. The van der Waals surface area contributed by atoms with E-state index in [0.717, 1.165) is 35.1 Å². The van der Waals surface area contributed by atoms with E-state index in [4.69, 9.17) is 4.74 Å². The lowest BCUT2D eigenvalue weighted by Gasteiger charge is -2.34. The Morgan fingerprint density at radius 3 is 2.69 bits per heavy atom. The molecule has 136 valence electrons. The quantitative estimate of drug-likeness (QED) is 0.642. The Morgan fingerprint density at radius 2 is 1.92 bits per heavy atom. The molecule has 1 fully saturated rings. The Balaban J connectivity index is 0.00000196. The highest BCUT2D eigenvalue weighted by Gasteiger charge is 2.31. The summed E-state index contributed by atoms with van der Waals surface area (Å²) in [6, 6.07) is 9.72. The number of allylic oxidation sites excluding steroid dienone is 1. The van der Waals surface area contributed by atoms with E-state index in [2.05, 4.69) is 14.9 Å². The molecule has 0 saturated carbocycles. The molecule has 1 atom stereocenters. The maximum absolute atomic E-state index is 12.2. The maximum Gasteiger partial charge on any atom is 0.410 e. The number of quaternary nitrogens is 1. The number of aliphatic imine (C=N–C) groups is 2. The van der Waals surface area contributed by atoms with Gasteiger partial charge in [-0.15, -0.1) is 0 Å². The molecule has 1 unspecified atom stereocenters. The predicted octanol–water partition coefficient (Wildman–Crippen LogP) is -2.40. The van der Waals surface area contributed by atoms with Gasteiger partial charge in [0.2, 0.25) is 12.0 Å². The van der Waals surface area contributed by atoms with Crippen LogP contribution in [-0.4, -0.2) is 54.6 Å². The van der Waals surface area contributed by atoms with Crippen LogP contribution in [0.25, 0.3) is 0 Å². The smallest absolute Gasteiger partial charge is 0.410 e. The van der Waals surface area contributed by atoms with Crippen molar-refractivity contribution in [3.05, 3.63) is 59.8 Å². The second-order valence-corrected chi connectivity index (χ2v) is 6.06. The molecule has 0 aliphatic carbocycles. The van der Waals surface area contributed by atoms with E-state index in [-0.39, 0.29) is 18.5 Å². The van der Waals surface area contributed by atoms with E-state index in [1.165, 1.54) is 0 Å². The molecular formula is C18H20ClN5O2. The van der Waals surface area contributed by atoms with E-state index in [0.29, 0.717) is 19.7 Å². The van der Waals surface area contributed by atoms with E-state index < -0.39 is 0 Å². The number of amides is 1. The van der Waals surface area contributed by atoms with Crippen LogP contribution in [0.4, 0.5) is 4.79 Å². The number of nitrogens with one attached hydrogen (secondary N) is 1. The first kappa shape index (κ1) is 18.2. The highest BCUT2D eigenvalue weighted by Crippen LogP contribution is 2.15. The Hall–Kier alpha value is -2.64. The SMILES string of the molecule is O=C(OCc1ccccc1)N1CCN(C2=C3C=NC=C[NH+]3C=N2)CC1.[Cl-]. The summed E-state index contributed by atoms with van der Waals surface area (Å²) in [4.78, 5) is 26.0. The molecule has 1 amide bonds. The monoisotopic (exact) mass is 373 g/mol. The third-order valence-electron chi connectivity index (χ3n) is 4.46. The zero-order valence-electron chi connectivity index (χ0n) is 14.2. The Bertz CT molecular complexity index is 767. The van der Waals surface area contributed by atoms with Crippen molar-refractivity contribution in [2.24, 2.45) is 9.98 Å². The van der Waals surface area contributed by atoms with Gasteiger partial charge in [-0.3, -0.25) is 4.99 Å². The number of carbonyl (C=O) groups excluding carboxylic acids is 1. The average molecular weight is 374 g/mol. The van der Waals surface area contributed by atoms with Crippen LogP contribution in [0.2, 0.25) is 0 Å². The van der Waals surface area contributed by atoms with Crippen LogP contribution in [-0.2, 0) is 11.3 Å². The van der Waals surface area contributed by atoms with Crippen LogP contribution in [0, 0.1) is 0 Å². The third kappa shape index (κ3) is 3.79. The lowest BCUT2D eigenvalue weighted by molar-refractivity contribution is -0.682. The average Bonchev–Trinajstić information content (AvgIpc) is 3.11. The fourth-order valence-electron chi connectivity index (χ4n) is 3.07. The second kappa shape index (κ2) is 8.16. The summed E-state index contributed by atoms with van der Waals surface area (Å²) in [6.45, 7) is 3.04. The molecule has 0 spiro atoms. The Morgan fingerprint density at radius 1 is 1.15 bits per heavy atom. The van der Waals surface area contributed by atoms with E-state index in [1.54, 1.807) is 11.1 Å². The maximum atomic E-state index is 12.2. The van der Waals surface area contributed by atoms with Gasteiger partial charge >= 0.3 is 6.09 Å². The van der Waals surface area contributed by atoms with Gasteiger partial charge in [0, 0.05) is 26.2 Å². The summed E-state index contributed by atoms with van der Waals surface area (Å²) >= 11 is 0. The molecule has 1 aromatic rings. The van der Waals surface area contributed by atoms with E-state index >= 15 is 0 Å². The molecule has 1 aromatic carbocycles. The standard InChI is InChI=1S/C18H19N5O2.ClH/c24-18(25-13-15-4-2-1-3-5-15)22-10-8-21(9-11-22)17-16-12-19-6-7-23(16)14-20-17;/h1-7,12,14H,8-11,13H2;1H. The van der Waals surface area contributed by atoms with Crippen molar-refractivity contribution in [2.45, 2.75) is 6.61 Å². The number of halogens is 1. The number of ether oxygens (including phenoxy) is 1. The number of benzene rings is 1. The van der Waals surface area contributed by atoms with Crippen molar-refractivity contribution >= 4 is 18.6 Å². The molecule has 0 bridgehead atoms. The van der Waals surface area contributed by atoms with Gasteiger partial charge in [-0.1, -0.05) is 30.3 Å². The first-order chi connectivity index (χ1) is 12.3. The molecule has 3 heterocycles. The number of hydrogen-bond acceptors (Lipinski definition) is 5. The van der Waals surface area contributed by atoms with Gasteiger partial charge in [-0.25, -0.2) is 9.69 Å². The number of piperazine rings is 1. The third-order valence-corrected chi connectivity index (χ3v) is 4.46. The summed E-state index contributed by atoms with van der Waals surface area (Å²) < 4.78 is 5.41. The van der Waals surface area contributed by atoms with Crippen molar-refractivity contribution in [3.63, 3.8) is 0 Å². The zero-order chi connectivity index (χ0) is 17.1. The van der Waals surface area contributed by atoms with Crippen LogP contribution in [0.3, 0.4) is 0 Å². The number of carbonyl (C=O) groups is 1. The van der Waals surface area contributed by atoms with Gasteiger partial charge in [0.15, 0.2) is 5.82 Å². The van der Waals surface area contributed by atoms with Crippen molar-refractivity contribution in [1.29, 1.82) is 0 Å². The predicted molar refractivity (Wildman–Crippen MR) is 93.9 cm³/mol. The number of nitrogens with zero attached hydrogens (tertiary/aromatic N) is 4. The van der Waals surface area contributed by atoms with Gasteiger partial charge in [0.1, 0.15) is 12.8 Å². The van der Waals surface area contributed by atoms with Crippen molar-refractivity contribution in [1.82, 2.24) is 9.80 Å². The molecule has 1 N–H and O–H groups in total. The number of hydrogen-bond donors (Lipinski definition) is 1. The normalized spacial score (nSPS) is 20.8. The largest absolute Gasteiger partial charge is 1.00 e. The fourth-order valence-corrected chi connectivity index (χ4v) is 3.07. The van der Waals surface area contributed by atoms with Crippen LogP contribution in [0.5, 0.6) is 0 Å². The van der Waals surface area contributed by atoms with Crippen molar-refractivity contribution < 1.29 is 26.8 Å². The van der Waals surface area contributed by atoms with Crippen LogP contribution in [0.15, 0.2) is 64.2 Å². The van der Waals surface area contributed by atoms with E-state index in [1.807, 2.05) is 49.1 Å². The first-order valence-electron chi connectivity index (χ1n) is 8.37. The summed E-state index contributed by atoms with van der Waals surface area (Å²) in [5.41, 5.74) is 2.05. The summed E-state index contributed by atoms with van der Waals surface area (Å²) in [5.74, 6) is 0.945. The van der Waals surface area contributed by atoms with Gasteiger partial charge < -0.3 is 26.9 Å². The summed E-state index contributed by atoms with van der Waals surface area (Å²) in [6.07, 6.45) is 7.19. The second-order valence-electron chi connectivity index (χ2n) is 6.06. The van der Waals surface area contributed by atoms with Gasteiger partial charge in [0.05, 0.1) is 12.4 Å². The fraction of sp³-hybridized carbons (Fsp3) is 0.278. The molecule has 8 heteroatoms. The molecule has 1 saturated heterocycles. The van der Waals surface area contributed by atoms with Crippen LogP contribution < -0.4 is 17.3 Å². The van der Waals surface area contributed by atoms with Crippen molar-refractivity contribution in [2.75, 3.05) is 26.2 Å². The molecule has 26 heavy (non-hydrogen) atoms. The molecule has 0 aromatic heterocycles. The minimum absolute atomic E-state index is 0. The zero-order valence-corrected chi connectivity index (χ0v) is 15.0. The minimum atomic E-state index is -0.259. The Labute approximate surface area is 158 Å². The summed E-state index contributed by atoms with van der Waals surface area (Å²) in [5, 5.41) is 0. The van der Waals surface area contributed by atoms with Crippen LogP contribution in [0.1, 0.15) is 5.56 Å². The number of rotatable bonds is 3. The van der Waals surface area contributed by atoms with Crippen LogP contribution >= 0.6 is 0 Å². The lowest BCUT2D eigenvalue weighted by Crippen LogP contribution is -3.04. The first-order valence-corrected chi connectivity index (χ1v) is 8.37.